The minimum Gasteiger partial charge on any atom is -0.377 e. The highest BCUT2D eigenvalue weighted by Crippen LogP contribution is 2.34. The summed E-state index contributed by atoms with van der Waals surface area (Å²) in [6, 6.07) is 11.9. The fraction of sp³-hybridized carbons (Fsp3) is 0.500. The Balaban J connectivity index is 1.15. The number of pyridine rings is 1. The zero-order chi connectivity index (χ0) is 20.5. The van der Waals surface area contributed by atoms with Crippen molar-refractivity contribution in [2.45, 2.75) is 50.7 Å². The van der Waals surface area contributed by atoms with Crippen molar-refractivity contribution in [3.8, 4) is 0 Å². The van der Waals surface area contributed by atoms with E-state index in [1.54, 1.807) is 0 Å². The number of aromatic nitrogens is 1. The van der Waals surface area contributed by atoms with Crippen LogP contribution in [-0.4, -0.2) is 55.3 Å². The Morgan fingerprint density at radius 2 is 1.87 bits per heavy atom. The van der Waals surface area contributed by atoms with Crippen LogP contribution in [0.3, 0.4) is 0 Å². The van der Waals surface area contributed by atoms with Gasteiger partial charge in [-0.2, -0.15) is 0 Å². The van der Waals surface area contributed by atoms with Crippen LogP contribution in [0, 0.1) is 6.92 Å². The molecule has 3 saturated heterocycles. The van der Waals surface area contributed by atoms with Crippen LogP contribution < -0.4 is 15.1 Å². The summed E-state index contributed by atoms with van der Waals surface area (Å²) in [5.41, 5.74) is 4.62. The number of hydrogen-bond acceptors (Lipinski definition) is 5. The third-order valence-electron chi connectivity index (χ3n) is 6.62. The van der Waals surface area contributed by atoms with Crippen molar-refractivity contribution in [2.24, 2.45) is 0 Å². The first-order valence-corrected chi connectivity index (χ1v) is 11.1. The molecule has 3 atom stereocenters. The number of carbonyl (C=O) groups is 1. The van der Waals surface area contributed by atoms with E-state index in [-0.39, 0.29) is 11.9 Å². The number of benzene rings is 1. The molecule has 0 aliphatic carbocycles. The molecule has 4 heterocycles. The molecule has 1 aromatic carbocycles. The van der Waals surface area contributed by atoms with Gasteiger partial charge in [0, 0.05) is 31.0 Å². The Morgan fingerprint density at radius 1 is 1.10 bits per heavy atom. The van der Waals surface area contributed by atoms with Crippen LogP contribution >= 0.6 is 0 Å². The van der Waals surface area contributed by atoms with E-state index in [9.17, 15) is 4.79 Å². The molecule has 0 saturated carbocycles. The van der Waals surface area contributed by atoms with Crippen LogP contribution in [0.5, 0.6) is 0 Å². The van der Waals surface area contributed by atoms with Gasteiger partial charge in [0.15, 0.2) is 0 Å². The van der Waals surface area contributed by atoms with E-state index >= 15 is 0 Å². The molecule has 0 spiro atoms. The largest absolute Gasteiger partial charge is 0.377 e. The van der Waals surface area contributed by atoms with Gasteiger partial charge >= 0.3 is 0 Å². The van der Waals surface area contributed by atoms with Crippen LogP contribution in [0.25, 0.3) is 0 Å². The van der Waals surface area contributed by atoms with Crippen molar-refractivity contribution in [2.75, 3.05) is 36.1 Å². The standard InChI is InChI=1S/C24H30N4O2/c1-17-10-23(13-25-12-17)27-9-8-19(14-27)26-24(29)11-18-2-4-20(5-3-18)28-21-6-7-22(28)16-30-15-21/h2-5,10,12-13,19,21-22H,6-9,11,14-16H2,1H3,(H,26,29)/t19-,21?,22?/m1/s1. The zero-order valence-electron chi connectivity index (χ0n) is 17.6. The first-order valence-electron chi connectivity index (χ1n) is 11.1. The van der Waals surface area contributed by atoms with Gasteiger partial charge in [0.25, 0.3) is 0 Å². The molecule has 3 aliphatic rings. The minimum absolute atomic E-state index is 0.100. The summed E-state index contributed by atoms with van der Waals surface area (Å²) >= 11 is 0. The highest BCUT2D eigenvalue weighted by molar-refractivity contribution is 5.79. The minimum atomic E-state index is 0.100. The first kappa shape index (κ1) is 19.4. The summed E-state index contributed by atoms with van der Waals surface area (Å²) in [5.74, 6) is 0.100. The maximum absolute atomic E-state index is 12.6. The predicted molar refractivity (Wildman–Crippen MR) is 118 cm³/mol. The van der Waals surface area contributed by atoms with Crippen molar-refractivity contribution < 1.29 is 9.53 Å². The van der Waals surface area contributed by atoms with Crippen molar-refractivity contribution in [3.63, 3.8) is 0 Å². The third kappa shape index (κ3) is 4.01. The number of ether oxygens (including phenoxy) is 1. The van der Waals surface area contributed by atoms with E-state index in [0.29, 0.717) is 18.5 Å². The second-order valence-electron chi connectivity index (χ2n) is 8.89. The predicted octanol–water partition coefficient (Wildman–Crippen LogP) is 2.70. The molecular formula is C24H30N4O2. The van der Waals surface area contributed by atoms with Gasteiger partial charge in [-0.05, 0) is 55.5 Å². The summed E-state index contributed by atoms with van der Waals surface area (Å²) < 4.78 is 5.69. The van der Waals surface area contributed by atoms with Crippen LogP contribution in [0.15, 0.2) is 42.7 Å². The lowest BCUT2D eigenvalue weighted by molar-refractivity contribution is -0.121. The van der Waals surface area contributed by atoms with E-state index in [0.717, 1.165) is 49.5 Å². The number of morpholine rings is 1. The van der Waals surface area contributed by atoms with Crippen molar-refractivity contribution >= 4 is 17.3 Å². The lowest BCUT2D eigenvalue weighted by Crippen LogP contribution is -2.45. The number of amides is 1. The molecule has 3 fully saturated rings. The normalized spacial score (nSPS) is 25.6. The fourth-order valence-corrected chi connectivity index (χ4v) is 5.12. The first-order chi connectivity index (χ1) is 14.7. The van der Waals surface area contributed by atoms with E-state index in [1.165, 1.54) is 18.5 Å². The smallest absolute Gasteiger partial charge is 0.224 e. The molecule has 5 rings (SSSR count). The molecule has 6 nitrogen and oxygen atoms in total. The van der Waals surface area contributed by atoms with Crippen molar-refractivity contribution in [1.29, 1.82) is 0 Å². The zero-order valence-corrected chi connectivity index (χ0v) is 17.6. The molecule has 2 unspecified atom stereocenters. The van der Waals surface area contributed by atoms with Gasteiger partial charge in [-0.15, -0.1) is 0 Å². The summed E-state index contributed by atoms with van der Waals surface area (Å²) in [6.07, 6.45) is 7.60. The van der Waals surface area contributed by atoms with Gasteiger partial charge in [-0.3, -0.25) is 9.78 Å². The maximum atomic E-state index is 12.6. The van der Waals surface area contributed by atoms with Crippen LogP contribution in [-0.2, 0) is 16.0 Å². The van der Waals surface area contributed by atoms with E-state index in [4.69, 9.17) is 4.74 Å². The Hall–Kier alpha value is -2.60. The molecule has 30 heavy (non-hydrogen) atoms. The molecule has 0 radical (unpaired) electrons. The molecule has 1 aromatic heterocycles. The van der Waals surface area contributed by atoms with Crippen molar-refractivity contribution in [3.05, 3.63) is 53.9 Å². The molecule has 6 heteroatoms. The number of carbonyl (C=O) groups excluding carboxylic acids is 1. The van der Waals surface area contributed by atoms with Gasteiger partial charge in [-0.1, -0.05) is 12.1 Å². The lowest BCUT2D eigenvalue weighted by atomic mass is 10.1. The summed E-state index contributed by atoms with van der Waals surface area (Å²) in [4.78, 5) is 21.7. The third-order valence-corrected chi connectivity index (χ3v) is 6.62. The van der Waals surface area contributed by atoms with Crippen LogP contribution in [0.1, 0.15) is 30.4 Å². The summed E-state index contributed by atoms with van der Waals surface area (Å²) in [5, 5.41) is 3.22. The topological polar surface area (TPSA) is 57.7 Å². The SMILES string of the molecule is Cc1cncc(N2CC[C@@H](NC(=O)Cc3ccc(N4C5CCC4COC5)cc3)C2)c1. The Morgan fingerprint density at radius 3 is 2.60 bits per heavy atom. The Bertz CT molecular complexity index is 884. The average molecular weight is 407 g/mol. The Labute approximate surface area is 178 Å². The molecule has 2 aromatic rings. The van der Waals surface area contributed by atoms with E-state index < -0.39 is 0 Å². The van der Waals surface area contributed by atoms with E-state index in [2.05, 4.69) is 57.4 Å². The second kappa shape index (κ2) is 8.26. The number of nitrogens with zero attached hydrogens (tertiary/aromatic N) is 3. The molecular weight excluding hydrogens is 376 g/mol. The second-order valence-corrected chi connectivity index (χ2v) is 8.89. The highest BCUT2D eigenvalue weighted by atomic mass is 16.5. The molecule has 3 aliphatic heterocycles. The molecule has 158 valence electrons. The summed E-state index contributed by atoms with van der Waals surface area (Å²) in [7, 11) is 0. The van der Waals surface area contributed by atoms with Gasteiger partial charge in [0.2, 0.25) is 5.91 Å². The average Bonchev–Trinajstić information content (AvgIpc) is 3.30. The number of rotatable bonds is 5. The maximum Gasteiger partial charge on any atom is 0.224 e. The molecule has 2 bridgehead atoms. The van der Waals surface area contributed by atoms with Gasteiger partial charge in [0.1, 0.15) is 0 Å². The lowest BCUT2D eigenvalue weighted by Gasteiger charge is -2.36. The van der Waals surface area contributed by atoms with Gasteiger partial charge < -0.3 is 19.9 Å². The number of hydrogen-bond donors (Lipinski definition) is 1. The monoisotopic (exact) mass is 406 g/mol. The summed E-state index contributed by atoms with van der Waals surface area (Å²) in [6.45, 7) is 5.51. The molecule has 1 amide bonds. The molecule has 1 N–H and O–H groups in total. The number of aryl methyl sites for hydroxylation is 1. The van der Waals surface area contributed by atoms with Crippen molar-refractivity contribution in [1.82, 2.24) is 10.3 Å². The van der Waals surface area contributed by atoms with Crippen LogP contribution in [0.2, 0.25) is 0 Å². The number of nitrogens with one attached hydrogen (secondary N) is 1. The van der Waals surface area contributed by atoms with E-state index in [1.807, 2.05) is 12.4 Å². The fourth-order valence-electron chi connectivity index (χ4n) is 5.12. The number of anilines is 2. The highest BCUT2D eigenvalue weighted by Gasteiger charge is 2.37. The quantitative estimate of drug-likeness (QED) is 0.827. The van der Waals surface area contributed by atoms with Gasteiger partial charge in [-0.25, -0.2) is 0 Å². The number of fused-ring (bicyclic) bond motifs is 2. The van der Waals surface area contributed by atoms with Crippen LogP contribution in [0.4, 0.5) is 11.4 Å². The van der Waals surface area contributed by atoms with Gasteiger partial charge in [0.05, 0.1) is 43.6 Å². The Kier molecular flexibility index (Phi) is 5.34.